The lowest BCUT2D eigenvalue weighted by atomic mass is 9.82. The molecule has 0 saturated heterocycles. The second kappa shape index (κ2) is 6.80. The smallest absolute Gasteiger partial charge is 0.226 e. The molecule has 1 aliphatic carbocycles. The van der Waals surface area contributed by atoms with Crippen LogP contribution in [0.1, 0.15) is 43.0 Å². The van der Waals surface area contributed by atoms with Gasteiger partial charge in [0.15, 0.2) is 5.82 Å². The van der Waals surface area contributed by atoms with Crippen LogP contribution in [0, 0.1) is 5.92 Å². The van der Waals surface area contributed by atoms with Crippen LogP contribution in [-0.4, -0.2) is 28.2 Å². The summed E-state index contributed by atoms with van der Waals surface area (Å²) in [5.74, 6) is 2.14. The maximum atomic E-state index is 5.43. The molecule has 3 rings (SSSR count). The molecular formula is C16H22N4O. The van der Waals surface area contributed by atoms with Crippen molar-refractivity contribution in [3.05, 3.63) is 41.8 Å². The van der Waals surface area contributed by atoms with Crippen molar-refractivity contribution in [1.82, 2.24) is 20.4 Å². The van der Waals surface area contributed by atoms with Crippen molar-refractivity contribution in [1.29, 1.82) is 0 Å². The number of aromatic nitrogens is 3. The first kappa shape index (κ1) is 14.2. The van der Waals surface area contributed by atoms with Crippen molar-refractivity contribution in [3.8, 4) is 0 Å². The fourth-order valence-electron chi connectivity index (χ4n) is 3.18. The first-order valence-electron chi connectivity index (χ1n) is 7.73. The van der Waals surface area contributed by atoms with Crippen LogP contribution in [0.15, 0.2) is 29.0 Å². The zero-order chi connectivity index (χ0) is 14.5. The van der Waals surface area contributed by atoms with E-state index in [4.69, 9.17) is 4.52 Å². The molecule has 2 aromatic heterocycles. The van der Waals surface area contributed by atoms with Gasteiger partial charge < -0.3 is 9.84 Å². The zero-order valence-electron chi connectivity index (χ0n) is 12.5. The van der Waals surface area contributed by atoms with Crippen LogP contribution in [0.25, 0.3) is 0 Å². The van der Waals surface area contributed by atoms with Gasteiger partial charge in [-0.25, -0.2) is 0 Å². The predicted molar refractivity (Wildman–Crippen MR) is 79.9 cm³/mol. The topological polar surface area (TPSA) is 63.8 Å². The molecule has 1 saturated carbocycles. The molecule has 2 heterocycles. The largest absolute Gasteiger partial charge is 0.339 e. The molecule has 2 atom stereocenters. The van der Waals surface area contributed by atoms with E-state index in [0.29, 0.717) is 18.4 Å². The molecule has 1 fully saturated rings. The van der Waals surface area contributed by atoms with E-state index in [1.54, 1.807) is 12.4 Å². The fraction of sp³-hybridized carbons (Fsp3) is 0.562. The van der Waals surface area contributed by atoms with Crippen molar-refractivity contribution in [2.24, 2.45) is 5.92 Å². The van der Waals surface area contributed by atoms with Gasteiger partial charge in [-0.15, -0.1) is 0 Å². The van der Waals surface area contributed by atoms with E-state index in [9.17, 15) is 0 Å². The van der Waals surface area contributed by atoms with Gasteiger partial charge in [-0.3, -0.25) is 4.98 Å². The summed E-state index contributed by atoms with van der Waals surface area (Å²) < 4.78 is 5.43. The Morgan fingerprint density at radius 2 is 2.05 bits per heavy atom. The van der Waals surface area contributed by atoms with Crippen molar-refractivity contribution < 1.29 is 4.52 Å². The molecule has 0 aromatic carbocycles. The fourth-order valence-corrected chi connectivity index (χ4v) is 3.18. The monoisotopic (exact) mass is 286 g/mol. The molecule has 0 amide bonds. The summed E-state index contributed by atoms with van der Waals surface area (Å²) in [6.07, 6.45) is 10.3. The Morgan fingerprint density at radius 1 is 1.24 bits per heavy atom. The van der Waals surface area contributed by atoms with Gasteiger partial charge in [-0.05, 0) is 43.5 Å². The molecule has 0 spiro atoms. The van der Waals surface area contributed by atoms with Crippen molar-refractivity contribution in [3.63, 3.8) is 0 Å². The second-order valence-electron chi connectivity index (χ2n) is 5.78. The van der Waals surface area contributed by atoms with Gasteiger partial charge in [0.05, 0.1) is 0 Å². The van der Waals surface area contributed by atoms with Gasteiger partial charge in [0.1, 0.15) is 0 Å². The van der Waals surface area contributed by atoms with Crippen LogP contribution in [-0.2, 0) is 12.8 Å². The minimum atomic E-state index is 0.578. The zero-order valence-corrected chi connectivity index (χ0v) is 12.5. The third kappa shape index (κ3) is 3.67. The number of nitrogens with zero attached hydrogens (tertiary/aromatic N) is 3. The Morgan fingerprint density at radius 3 is 2.86 bits per heavy atom. The summed E-state index contributed by atoms with van der Waals surface area (Å²) in [5.41, 5.74) is 1.16. The molecule has 0 aliphatic heterocycles. The standard InChI is InChI=1S/C16H22N4O/c1-17-14-5-3-2-4-13(14)11-16-19-15(20-21-16)10-12-6-8-18-9-7-12/h6-9,13-14,17H,2-5,10-11H2,1H3. The molecule has 5 nitrogen and oxygen atoms in total. The van der Waals surface area contributed by atoms with E-state index < -0.39 is 0 Å². The van der Waals surface area contributed by atoms with E-state index in [1.807, 2.05) is 19.2 Å². The highest BCUT2D eigenvalue weighted by atomic mass is 16.5. The number of hydrogen-bond donors (Lipinski definition) is 1. The van der Waals surface area contributed by atoms with Crippen molar-refractivity contribution >= 4 is 0 Å². The van der Waals surface area contributed by atoms with Crippen molar-refractivity contribution in [2.75, 3.05) is 7.05 Å². The molecule has 112 valence electrons. The van der Waals surface area contributed by atoms with E-state index in [-0.39, 0.29) is 0 Å². The molecule has 0 radical (unpaired) electrons. The SMILES string of the molecule is CNC1CCCCC1Cc1nc(Cc2ccncc2)no1. The quantitative estimate of drug-likeness (QED) is 0.914. The van der Waals surface area contributed by atoms with Gasteiger partial charge in [-0.1, -0.05) is 18.0 Å². The van der Waals surface area contributed by atoms with Crippen LogP contribution < -0.4 is 5.32 Å². The third-order valence-electron chi connectivity index (χ3n) is 4.34. The number of rotatable bonds is 5. The first-order chi connectivity index (χ1) is 10.3. The van der Waals surface area contributed by atoms with Gasteiger partial charge >= 0.3 is 0 Å². The Hall–Kier alpha value is -1.75. The molecule has 2 aromatic rings. The maximum absolute atomic E-state index is 5.43. The lowest BCUT2D eigenvalue weighted by molar-refractivity contribution is 0.248. The minimum Gasteiger partial charge on any atom is -0.339 e. The number of nitrogens with one attached hydrogen (secondary N) is 1. The average Bonchev–Trinajstić information content (AvgIpc) is 2.96. The van der Waals surface area contributed by atoms with Crippen molar-refractivity contribution in [2.45, 2.75) is 44.6 Å². The lowest BCUT2D eigenvalue weighted by Gasteiger charge is -2.30. The first-order valence-corrected chi connectivity index (χ1v) is 7.73. The van der Waals surface area contributed by atoms with Crippen LogP contribution in [0.4, 0.5) is 0 Å². The van der Waals surface area contributed by atoms with E-state index in [1.165, 1.54) is 25.7 Å². The Balaban J connectivity index is 1.62. The van der Waals surface area contributed by atoms with Crippen LogP contribution >= 0.6 is 0 Å². The molecule has 1 N–H and O–H groups in total. The van der Waals surface area contributed by atoms with Gasteiger partial charge in [0, 0.05) is 31.3 Å². The van der Waals surface area contributed by atoms with E-state index in [2.05, 4.69) is 20.4 Å². The molecule has 2 unspecified atom stereocenters. The molecule has 0 bridgehead atoms. The van der Waals surface area contributed by atoms with Gasteiger partial charge in [0.2, 0.25) is 5.89 Å². The molecule has 5 heteroatoms. The normalized spacial score (nSPS) is 22.3. The molecule has 21 heavy (non-hydrogen) atoms. The van der Waals surface area contributed by atoms with Gasteiger partial charge in [0.25, 0.3) is 0 Å². The summed E-state index contributed by atoms with van der Waals surface area (Å²) >= 11 is 0. The summed E-state index contributed by atoms with van der Waals surface area (Å²) in [5, 5.41) is 7.52. The number of pyridine rings is 1. The van der Waals surface area contributed by atoms with Crippen LogP contribution in [0.3, 0.4) is 0 Å². The Labute approximate surface area is 125 Å². The minimum absolute atomic E-state index is 0.578. The third-order valence-corrected chi connectivity index (χ3v) is 4.34. The summed E-state index contributed by atoms with van der Waals surface area (Å²) in [7, 11) is 2.05. The maximum Gasteiger partial charge on any atom is 0.226 e. The van der Waals surface area contributed by atoms with E-state index in [0.717, 1.165) is 23.7 Å². The van der Waals surface area contributed by atoms with E-state index >= 15 is 0 Å². The predicted octanol–water partition coefficient (Wildman–Crippen LogP) is 2.38. The van der Waals surface area contributed by atoms with Crippen LogP contribution in [0.5, 0.6) is 0 Å². The lowest BCUT2D eigenvalue weighted by Crippen LogP contribution is -2.37. The van der Waals surface area contributed by atoms with Crippen LogP contribution in [0.2, 0.25) is 0 Å². The highest BCUT2D eigenvalue weighted by Crippen LogP contribution is 2.27. The summed E-state index contributed by atoms with van der Waals surface area (Å²) in [6, 6.07) is 4.54. The molecule has 1 aliphatic rings. The highest BCUT2D eigenvalue weighted by Gasteiger charge is 2.25. The second-order valence-corrected chi connectivity index (χ2v) is 5.78. The average molecular weight is 286 g/mol. The summed E-state index contributed by atoms with van der Waals surface area (Å²) in [6.45, 7) is 0. The van der Waals surface area contributed by atoms with Gasteiger partial charge in [-0.2, -0.15) is 4.98 Å². The highest BCUT2D eigenvalue weighted by molar-refractivity contribution is 5.14. The number of hydrogen-bond acceptors (Lipinski definition) is 5. The Kier molecular flexibility index (Phi) is 4.60. The Bertz CT molecular complexity index is 554. The summed E-state index contributed by atoms with van der Waals surface area (Å²) in [4.78, 5) is 8.56. The molecular weight excluding hydrogens is 264 g/mol.